The Morgan fingerprint density at radius 1 is 0.964 bits per heavy atom. The lowest BCUT2D eigenvalue weighted by Gasteiger charge is -2.13. The molecule has 3 aromatic carbocycles. The summed E-state index contributed by atoms with van der Waals surface area (Å²) in [6.07, 6.45) is 0.707. The fourth-order valence-corrected chi connectivity index (χ4v) is 3.21. The third-order valence-electron chi connectivity index (χ3n) is 4.02. The van der Waals surface area contributed by atoms with Gasteiger partial charge in [-0.1, -0.05) is 36.4 Å². The lowest BCUT2D eigenvalue weighted by atomic mass is 10.1. The number of methoxy groups -OCH3 is 1. The summed E-state index contributed by atoms with van der Waals surface area (Å²) in [4.78, 5) is 12.3. The van der Waals surface area contributed by atoms with Crippen LogP contribution >= 0.6 is 15.9 Å². The second-order valence-electron chi connectivity index (χ2n) is 6.01. The fourth-order valence-electron chi connectivity index (χ4n) is 2.63. The van der Waals surface area contributed by atoms with Gasteiger partial charge < -0.3 is 20.1 Å². The number of ether oxygens (including phenoxy) is 2. The standard InChI is InChI=1S/C22H21BrN2O3/c1-27-20-12-11-16(15-18(20)23)13-14-24-22(26)25-19-9-5-6-10-21(19)28-17-7-3-2-4-8-17/h2-12,15H,13-14H2,1H3,(H2,24,25,26). The van der Waals surface area contributed by atoms with Crippen molar-refractivity contribution in [2.45, 2.75) is 6.42 Å². The van der Waals surface area contributed by atoms with Crippen LogP contribution < -0.4 is 20.1 Å². The van der Waals surface area contributed by atoms with Crippen molar-refractivity contribution in [3.8, 4) is 17.2 Å². The van der Waals surface area contributed by atoms with Crippen molar-refractivity contribution < 1.29 is 14.3 Å². The average molecular weight is 441 g/mol. The van der Waals surface area contributed by atoms with E-state index in [0.29, 0.717) is 30.2 Å². The summed E-state index contributed by atoms with van der Waals surface area (Å²) >= 11 is 3.47. The van der Waals surface area contributed by atoms with Gasteiger partial charge in [-0.15, -0.1) is 0 Å². The molecule has 144 valence electrons. The summed E-state index contributed by atoms with van der Waals surface area (Å²) in [5, 5.41) is 5.71. The van der Waals surface area contributed by atoms with E-state index in [2.05, 4.69) is 26.6 Å². The topological polar surface area (TPSA) is 59.6 Å². The monoisotopic (exact) mass is 440 g/mol. The number of anilines is 1. The van der Waals surface area contributed by atoms with E-state index in [-0.39, 0.29) is 6.03 Å². The maximum Gasteiger partial charge on any atom is 0.319 e. The Kier molecular flexibility index (Phi) is 6.92. The van der Waals surface area contributed by atoms with E-state index < -0.39 is 0 Å². The van der Waals surface area contributed by atoms with Gasteiger partial charge >= 0.3 is 6.03 Å². The predicted octanol–water partition coefficient (Wildman–Crippen LogP) is 5.61. The molecule has 2 amide bonds. The molecular weight excluding hydrogens is 420 g/mol. The molecule has 2 N–H and O–H groups in total. The molecule has 6 heteroatoms. The van der Waals surface area contributed by atoms with Crippen LogP contribution in [0.2, 0.25) is 0 Å². The van der Waals surface area contributed by atoms with E-state index in [1.165, 1.54) is 0 Å². The van der Waals surface area contributed by atoms with E-state index in [0.717, 1.165) is 15.8 Å². The molecule has 0 aliphatic rings. The van der Waals surface area contributed by atoms with E-state index >= 15 is 0 Å². The molecule has 0 saturated carbocycles. The second kappa shape index (κ2) is 9.80. The smallest absolute Gasteiger partial charge is 0.319 e. The first-order valence-electron chi connectivity index (χ1n) is 8.85. The highest BCUT2D eigenvalue weighted by Crippen LogP contribution is 2.29. The lowest BCUT2D eigenvalue weighted by Crippen LogP contribution is -2.30. The molecule has 0 radical (unpaired) electrons. The quantitative estimate of drug-likeness (QED) is 0.501. The largest absolute Gasteiger partial charge is 0.496 e. The highest BCUT2D eigenvalue weighted by molar-refractivity contribution is 9.10. The van der Waals surface area contributed by atoms with Crippen molar-refractivity contribution in [2.24, 2.45) is 0 Å². The molecule has 0 unspecified atom stereocenters. The Morgan fingerprint density at radius 3 is 2.46 bits per heavy atom. The van der Waals surface area contributed by atoms with Crippen LogP contribution in [0.1, 0.15) is 5.56 Å². The predicted molar refractivity (Wildman–Crippen MR) is 114 cm³/mol. The molecule has 0 heterocycles. The number of hydrogen-bond donors (Lipinski definition) is 2. The number of halogens is 1. The van der Waals surface area contributed by atoms with Gasteiger partial charge in [-0.2, -0.15) is 0 Å². The van der Waals surface area contributed by atoms with Crippen LogP contribution in [0.3, 0.4) is 0 Å². The number of rotatable bonds is 7. The molecule has 0 aliphatic heterocycles. The molecule has 3 rings (SSSR count). The van der Waals surface area contributed by atoms with Crippen molar-refractivity contribution in [1.82, 2.24) is 5.32 Å². The van der Waals surface area contributed by atoms with Crippen molar-refractivity contribution in [3.05, 3.63) is 82.8 Å². The van der Waals surface area contributed by atoms with Crippen molar-refractivity contribution in [2.75, 3.05) is 19.0 Å². The molecule has 0 spiro atoms. The second-order valence-corrected chi connectivity index (χ2v) is 6.87. The zero-order valence-electron chi connectivity index (χ0n) is 15.4. The van der Waals surface area contributed by atoms with Crippen LogP contribution in [-0.4, -0.2) is 19.7 Å². The molecule has 0 atom stereocenters. The van der Waals surface area contributed by atoms with Gasteiger partial charge in [0.2, 0.25) is 0 Å². The summed E-state index contributed by atoms with van der Waals surface area (Å²) in [5.41, 5.74) is 1.71. The Balaban J connectivity index is 1.54. The van der Waals surface area contributed by atoms with Crippen LogP contribution in [0.5, 0.6) is 17.2 Å². The minimum absolute atomic E-state index is 0.281. The minimum atomic E-state index is -0.281. The molecule has 5 nitrogen and oxygen atoms in total. The summed E-state index contributed by atoms with van der Waals surface area (Å²) in [6.45, 7) is 0.506. The molecule has 3 aromatic rings. The number of amides is 2. The fraction of sp³-hybridized carbons (Fsp3) is 0.136. The zero-order chi connectivity index (χ0) is 19.8. The third kappa shape index (κ3) is 5.50. The number of hydrogen-bond acceptors (Lipinski definition) is 3. The van der Waals surface area contributed by atoms with Crippen LogP contribution in [-0.2, 0) is 6.42 Å². The van der Waals surface area contributed by atoms with Gasteiger partial charge in [-0.05, 0) is 64.3 Å². The number of urea groups is 1. The number of benzene rings is 3. The molecule has 0 aliphatic carbocycles. The van der Waals surface area contributed by atoms with Crippen LogP contribution in [0.25, 0.3) is 0 Å². The molecule has 28 heavy (non-hydrogen) atoms. The summed E-state index contributed by atoms with van der Waals surface area (Å²) in [6, 6.07) is 22.4. The summed E-state index contributed by atoms with van der Waals surface area (Å²) < 4.78 is 12.0. The van der Waals surface area contributed by atoms with Gasteiger partial charge in [-0.25, -0.2) is 4.79 Å². The SMILES string of the molecule is COc1ccc(CCNC(=O)Nc2ccccc2Oc2ccccc2)cc1Br. The average Bonchev–Trinajstić information content (AvgIpc) is 2.70. The van der Waals surface area contributed by atoms with Gasteiger partial charge in [0.25, 0.3) is 0 Å². The number of nitrogens with one attached hydrogen (secondary N) is 2. The zero-order valence-corrected chi connectivity index (χ0v) is 17.0. The molecule has 0 saturated heterocycles. The maximum atomic E-state index is 12.3. The van der Waals surface area contributed by atoms with E-state index in [1.807, 2.05) is 66.7 Å². The Hall–Kier alpha value is -2.99. The van der Waals surface area contributed by atoms with Gasteiger partial charge in [0.15, 0.2) is 5.75 Å². The lowest BCUT2D eigenvalue weighted by molar-refractivity contribution is 0.252. The van der Waals surface area contributed by atoms with E-state index in [4.69, 9.17) is 9.47 Å². The van der Waals surface area contributed by atoms with Gasteiger partial charge in [0.05, 0.1) is 17.3 Å². The van der Waals surface area contributed by atoms with E-state index in [1.54, 1.807) is 13.2 Å². The maximum absolute atomic E-state index is 12.3. The third-order valence-corrected chi connectivity index (χ3v) is 4.64. The highest BCUT2D eigenvalue weighted by Gasteiger charge is 2.08. The minimum Gasteiger partial charge on any atom is -0.496 e. The van der Waals surface area contributed by atoms with Gasteiger partial charge in [0.1, 0.15) is 11.5 Å². The van der Waals surface area contributed by atoms with Crippen molar-refractivity contribution in [3.63, 3.8) is 0 Å². The van der Waals surface area contributed by atoms with Crippen LogP contribution in [0, 0.1) is 0 Å². The van der Waals surface area contributed by atoms with Gasteiger partial charge in [0, 0.05) is 6.54 Å². The number of carbonyl (C=O) groups is 1. The first kappa shape index (κ1) is 19.8. The molecular formula is C22H21BrN2O3. The Morgan fingerprint density at radius 2 is 1.71 bits per heavy atom. The van der Waals surface area contributed by atoms with Crippen molar-refractivity contribution >= 4 is 27.6 Å². The van der Waals surface area contributed by atoms with Crippen molar-refractivity contribution in [1.29, 1.82) is 0 Å². The highest BCUT2D eigenvalue weighted by atomic mass is 79.9. The molecule has 0 aromatic heterocycles. The molecule has 0 fully saturated rings. The first-order valence-corrected chi connectivity index (χ1v) is 9.64. The summed E-state index contributed by atoms with van der Waals surface area (Å²) in [5.74, 6) is 2.08. The normalized spacial score (nSPS) is 10.2. The number of carbonyl (C=O) groups excluding carboxylic acids is 1. The van der Waals surface area contributed by atoms with E-state index in [9.17, 15) is 4.79 Å². The molecule has 0 bridgehead atoms. The number of para-hydroxylation sites is 3. The van der Waals surface area contributed by atoms with Crippen LogP contribution in [0.4, 0.5) is 10.5 Å². The first-order chi connectivity index (χ1) is 13.7. The van der Waals surface area contributed by atoms with Crippen LogP contribution in [0.15, 0.2) is 77.3 Å². The Bertz CT molecular complexity index is 932. The summed E-state index contributed by atoms with van der Waals surface area (Å²) in [7, 11) is 1.63. The van der Waals surface area contributed by atoms with Gasteiger partial charge in [-0.3, -0.25) is 0 Å². The Labute approximate surface area is 172 Å².